The number of hydrogen-bond donors (Lipinski definition) is 1. The highest BCUT2D eigenvalue weighted by Crippen LogP contribution is 2.49. The smallest absolute Gasteiger partial charge is 0.435 e. The van der Waals surface area contributed by atoms with Crippen molar-refractivity contribution in [3.05, 3.63) is 34.7 Å². The third-order valence-electron chi connectivity index (χ3n) is 5.38. The molecule has 1 fully saturated rings. The monoisotopic (exact) mass is 445 g/mol. The van der Waals surface area contributed by atoms with Crippen molar-refractivity contribution >= 4 is 28.7 Å². The molecule has 0 aliphatic carbocycles. The Kier molecular flexibility index (Phi) is 6.65. The van der Waals surface area contributed by atoms with Gasteiger partial charge in [0.05, 0.1) is 11.2 Å². The molecule has 1 aromatic carbocycles. The third-order valence-corrected chi connectivity index (χ3v) is 6.04. The fourth-order valence-electron chi connectivity index (χ4n) is 3.98. The zero-order valence-electron chi connectivity index (χ0n) is 16.4. The quantitative estimate of drug-likeness (QED) is 0.440. The number of nitrogen functional groups attached to an aromatic ring is 1. The molecule has 1 saturated heterocycles. The van der Waals surface area contributed by atoms with Crippen molar-refractivity contribution in [1.82, 2.24) is 0 Å². The zero-order valence-corrected chi connectivity index (χ0v) is 18.0. The molecule has 0 aromatic heterocycles. The maximum absolute atomic E-state index is 12.6. The molecule has 0 amide bonds. The molecule has 2 unspecified atom stereocenters. The van der Waals surface area contributed by atoms with E-state index in [2.05, 4.69) is 41.1 Å². The highest BCUT2D eigenvalue weighted by Gasteiger charge is 2.58. The summed E-state index contributed by atoms with van der Waals surface area (Å²) in [5.41, 5.74) is 6.29. The van der Waals surface area contributed by atoms with Gasteiger partial charge in [0, 0.05) is 10.2 Å². The normalized spacial score (nSPS) is 23.1. The van der Waals surface area contributed by atoms with E-state index in [4.69, 9.17) is 15.0 Å². The van der Waals surface area contributed by atoms with Crippen LogP contribution in [-0.2, 0) is 9.31 Å². The first kappa shape index (κ1) is 22.2. The number of rotatable bonds is 7. The predicted octanol–water partition coefficient (Wildman–Crippen LogP) is 5.56. The van der Waals surface area contributed by atoms with Crippen LogP contribution in [0.25, 0.3) is 0 Å². The van der Waals surface area contributed by atoms with Crippen molar-refractivity contribution in [3.8, 4) is 5.75 Å². The molecule has 0 radical (unpaired) electrons. The number of hydrogen-bond acceptors (Lipinski definition) is 4. The lowest BCUT2D eigenvalue weighted by molar-refractivity contribution is -0.0683. The van der Waals surface area contributed by atoms with Crippen LogP contribution in [0.3, 0.4) is 0 Å². The van der Waals surface area contributed by atoms with E-state index in [-0.39, 0.29) is 17.6 Å². The van der Waals surface area contributed by atoms with Gasteiger partial charge in [-0.3, -0.25) is 0 Å². The Balaban J connectivity index is 2.41. The van der Waals surface area contributed by atoms with Crippen LogP contribution in [0.4, 0.5) is 14.5 Å². The predicted molar refractivity (Wildman–Crippen MR) is 108 cm³/mol. The van der Waals surface area contributed by atoms with Crippen molar-refractivity contribution < 1.29 is 22.8 Å². The molecule has 0 bridgehead atoms. The van der Waals surface area contributed by atoms with Gasteiger partial charge in [0.2, 0.25) is 0 Å². The maximum Gasteiger partial charge on any atom is 0.486 e. The van der Waals surface area contributed by atoms with Gasteiger partial charge in [0.1, 0.15) is 5.75 Å². The summed E-state index contributed by atoms with van der Waals surface area (Å²) >= 11 is 3.33. The van der Waals surface area contributed by atoms with Crippen LogP contribution in [0.15, 0.2) is 29.2 Å². The Morgan fingerprint density at radius 3 is 2.41 bits per heavy atom. The third kappa shape index (κ3) is 4.33. The van der Waals surface area contributed by atoms with Crippen LogP contribution in [0, 0.1) is 5.92 Å². The summed E-state index contributed by atoms with van der Waals surface area (Å²) in [6.07, 6.45) is 0.594. The molecule has 2 N–H and O–H groups in total. The van der Waals surface area contributed by atoms with Gasteiger partial charge in [-0.05, 0) is 65.7 Å². The van der Waals surface area contributed by atoms with E-state index in [1.807, 2.05) is 20.8 Å². The van der Waals surface area contributed by atoms with Crippen LogP contribution < -0.4 is 10.5 Å². The summed E-state index contributed by atoms with van der Waals surface area (Å²) in [6.45, 7) is 11.0. The average Bonchev–Trinajstić information content (AvgIpc) is 2.81. The van der Waals surface area contributed by atoms with Crippen LogP contribution in [0.5, 0.6) is 5.75 Å². The molecule has 2 rings (SSSR count). The number of benzene rings is 1. The average molecular weight is 446 g/mol. The van der Waals surface area contributed by atoms with Crippen LogP contribution in [-0.4, -0.2) is 24.9 Å². The standard InChI is InChI=1S/C19H27BBrF2NO3/c1-7-20-26-18(5,6)19(27-20,11(2)3)10-12(4)14-8-13(25-17(22)23)9-15(21)16(14)24/h7-9,11-12,17H,1,10,24H2,2-6H3. The van der Waals surface area contributed by atoms with Crippen molar-refractivity contribution in [2.45, 2.75) is 64.8 Å². The molecule has 8 heteroatoms. The molecule has 1 heterocycles. The summed E-state index contributed by atoms with van der Waals surface area (Å²) < 4.78 is 42.7. The summed E-state index contributed by atoms with van der Waals surface area (Å²) in [6, 6.07) is 3.02. The maximum atomic E-state index is 12.6. The minimum Gasteiger partial charge on any atom is -0.435 e. The molecule has 1 aliphatic heterocycles. The summed E-state index contributed by atoms with van der Waals surface area (Å²) in [7, 11) is -0.493. The van der Waals surface area contributed by atoms with Gasteiger partial charge in [0.15, 0.2) is 0 Å². The first-order valence-corrected chi connectivity index (χ1v) is 9.74. The van der Waals surface area contributed by atoms with E-state index in [9.17, 15) is 8.78 Å². The lowest BCUT2D eigenvalue weighted by Gasteiger charge is -2.45. The van der Waals surface area contributed by atoms with E-state index in [0.29, 0.717) is 16.6 Å². The van der Waals surface area contributed by atoms with Crippen LogP contribution in [0.1, 0.15) is 52.5 Å². The van der Waals surface area contributed by atoms with Gasteiger partial charge in [-0.2, -0.15) is 8.78 Å². The Morgan fingerprint density at radius 1 is 1.30 bits per heavy atom. The Bertz CT molecular complexity index is 702. The van der Waals surface area contributed by atoms with Gasteiger partial charge in [-0.15, -0.1) is 6.58 Å². The lowest BCUT2D eigenvalue weighted by atomic mass is 9.71. The van der Waals surface area contributed by atoms with Crippen molar-refractivity contribution in [2.75, 3.05) is 5.73 Å². The first-order chi connectivity index (χ1) is 12.4. The van der Waals surface area contributed by atoms with Crippen LogP contribution in [0.2, 0.25) is 0 Å². The highest BCUT2D eigenvalue weighted by atomic mass is 79.9. The second kappa shape index (κ2) is 8.09. The molecular formula is C19H27BBrF2NO3. The van der Waals surface area contributed by atoms with Gasteiger partial charge >= 0.3 is 13.7 Å². The Labute approximate surface area is 168 Å². The Morgan fingerprint density at radius 2 is 1.93 bits per heavy atom. The molecule has 1 aromatic rings. The lowest BCUT2D eigenvalue weighted by Crippen LogP contribution is -2.52. The summed E-state index contributed by atoms with van der Waals surface area (Å²) in [4.78, 5) is 0. The van der Waals surface area contributed by atoms with Crippen LogP contribution >= 0.6 is 15.9 Å². The highest BCUT2D eigenvalue weighted by molar-refractivity contribution is 9.10. The number of halogens is 3. The van der Waals surface area contributed by atoms with E-state index in [0.717, 1.165) is 5.56 Å². The second-order valence-electron chi connectivity index (χ2n) is 7.79. The second-order valence-corrected chi connectivity index (χ2v) is 8.64. The first-order valence-electron chi connectivity index (χ1n) is 8.95. The largest absolute Gasteiger partial charge is 0.486 e. The van der Waals surface area contributed by atoms with E-state index >= 15 is 0 Å². The molecule has 4 nitrogen and oxygen atoms in total. The Hall–Kier alpha value is -1.12. The molecule has 0 spiro atoms. The number of nitrogens with two attached hydrogens (primary N) is 1. The zero-order chi connectivity index (χ0) is 20.6. The van der Waals surface area contributed by atoms with E-state index in [1.165, 1.54) is 6.07 Å². The van der Waals surface area contributed by atoms with Crippen molar-refractivity contribution in [1.29, 1.82) is 0 Å². The van der Waals surface area contributed by atoms with Crippen molar-refractivity contribution in [3.63, 3.8) is 0 Å². The summed E-state index contributed by atoms with van der Waals surface area (Å²) in [5.74, 6) is 1.76. The van der Waals surface area contributed by atoms with E-state index in [1.54, 1.807) is 12.0 Å². The van der Waals surface area contributed by atoms with E-state index < -0.39 is 24.9 Å². The number of ether oxygens (including phenoxy) is 1. The summed E-state index contributed by atoms with van der Waals surface area (Å²) in [5, 5.41) is 0. The topological polar surface area (TPSA) is 53.7 Å². The van der Waals surface area contributed by atoms with Gasteiger partial charge in [-0.25, -0.2) is 0 Å². The molecule has 2 atom stereocenters. The number of anilines is 1. The molecule has 0 saturated carbocycles. The number of alkyl halides is 2. The van der Waals surface area contributed by atoms with Gasteiger partial charge in [-0.1, -0.05) is 26.7 Å². The molecule has 1 aliphatic rings. The van der Waals surface area contributed by atoms with Gasteiger partial charge in [0.25, 0.3) is 0 Å². The van der Waals surface area contributed by atoms with Crippen molar-refractivity contribution in [2.24, 2.45) is 5.92 Å². The molecule has 150 valence electrons. The minimum atomic E-state index is -2.90. The fraction of sp³-hybridized carbons (Fsp3) is 0.579. The minimum absolute atomic E-state index is 0.0679. The molecule has 27 heavy (non-hydrogen) atoms. The fourth-order valence-corrected chi connectivity index (χ4v) is 4.43. The SMILES string of the molecule is C=CB1OC(C)(C)C(CC(C)c2cc(OC(F)F)cc(Br)c2N)(C(C)C)O1. The van der Waals surface area contributed by atoms with Gasteiger partial charge < -0.3 is 19.8 Å². The molecular weight excluding hydrogens is 419 g/mol.